The van der Waals surface area contributed by atoms with Crippen molar-refractivity contribution in [2.24, 2.45) is 0 Å². The van der Waals surface area contributed by atoms with E-state index in [1.54, 1.807) is 26.4 Å². The normalized spacial score (nSPS) is 10.3. The van der Waals surface area contributed by atoms with Gasteiger partial charge in [0.25, 0.3) is 0 Å². The SMILES string of the molecule is COc1cccc(OC)c1C(=O)Cc1ccc(C)c(C)c1. The lowest BCUT2D eigenvalue weighted by Crippen LogP contribution is -2.08. The summed E-state index contributed by atoms with van der Waals surface area (Å²) in [4.78, 5) is 12.6. The van der Waals surface area contributed by atoms with Gasteiger partial charge in [-0.25, -0.2) is 0 Å². The highest BCUT2D eigenvalue weighted by atomic mass is 16.5. The number of hydrogen-bond donors (Lipinski definition) is 0. The quantitative estimate of drug-likeness (QED) is 0.784. The van der Waals surface area contributed by atoms with E-state index in [9.17, 15) is 4.79 Å². The molecule has 0 unspecified atom stereocenters. The van der Waals surface area contributed by atoms with Crippen LogP contribution < -0.4 is 9.47 Å². The zero-order chi connectivity index (χ0) is 15.4. The lowest BCUT2D eigenvalue weighted by atomic mass is 9.98. The Labute approximate surface area is 125 Å². The standard InChI is InChI=1S/C18H20O3/c1-12-8-9-14(10-13(12)2)11-15(19)18-16(20-3)6-5-7-17(18)21-4/h5-10H,11H2,1-4H3. The van der Waals surface area contributed by atoms with Crippen molar-refractivity contribution in [1.82, 2.24) is 0 Å². The van der Waals surface area contributed by atoms with Gasteiger partial charge >= 0.3 is 0 Å². The Bertz CT molecular complexity index is 637. The molecule has 0 aliphatic heterocycles. The molecule has 0 radical (unpaired) electrons. The van der Waals surface area contributed by atoms with Crippen LogP contribution in [0.3, 0.4) is 0 Å². The van der Waals surface area contributed by atoms with Gasteiger partial charge in [0.15, 0.2) is 5.78 Å². The molecule has 0 atom stereocenters. The maximum atomic E-state index is 12.6. The van der Waals surface area contributed by atoms with E-state index in [1.165, 1.54) is 11.1 Å². The monoisotopic (exact) mass is 284 g/mol. The zero-order valence-corrected chi connectivity index (χ0v) is 12.9. The van der Waals surface area contributed by atoms with Crippen molar-refractivity contribution < 1.29 is 14.3 Å². The number of aryl methyl sites for hydroxylation is 2. The molecule has 2 rings (SSSR count). The van der Waals surface area contributed by atoms with Crippen LogP contribution in [0.25, 0.3) is 0 Å². The van der Waals surface area contributed by atoms with Crippen LogP contribution >= 0.6 is 0 Å². The van der Waals surface area contributed by atoms with Crippen LogP contribution in [0.1, 0.15) is 27.0 Å². The van der Waals surface area contributed by atoms with Gasteiger partial charge in [0.1, 0.15) is 17.1 Å². The average molecular weight is 284 g/mol. The summed E-state index contributed by atoms with van der Waals surface area (Å²) in [5, 5.41) is 0. The van der Waals surface area contributed by atoms with Crippen molar-refractivity contribution in [3.63, 3.8) is 0 Å². The molecule has 110 valence electrons. The number of methoxy groups -OCH3 is 2. The Hall–Kier alpha value is -2.29. The van der Waals surface area contributed by atoms with Gasteiger partial charge in [0.2, 0.25) is 0 Å². The van der Waals surface area contributed by atoms with E-state index in [0.29, 0.717) is 23.5 Å². The molecular formula is C18H20O3. The third kappa shape index (κ3) is 3.24. The second-order valence-electron chi connectivity index (χ2n) is 5.06. The molecular weight excluding hydrogens is 264 g/mol. The molecule has 0 aliphatic carbocycles. The fourth-order valence-electron chi connectivity index (χ4n) is 2.31. The molecule has 0 spiro atoms. The smallest absolute Gasteiger partial charge is 0.174 e. The first kappa shape index (κ1) is 15.1. The number of ketones is 1. The minimum absolute atomic E-state index is 0.00690. The van der Waals surface area contributed by atoms with Gasteiger partial charge in [-0.05, 0) is 42.7 Å². The van der Waals surface area contributed by atoms with E-state index in [4.69, 9.17) is 9.47 Å². The molecule has 0 N–H and O–H groups in total. The third-order valence-corrected chi connectivity index (χ3v) is 3.64. The second-order valence-corrected chi connectivity index (χ2v) is 5.06. The summed E-state index contributed by atoms with van der Waals surface area (Å²) >= 11 is 0. The van der Waals surface area contributed by atoms with Gasteiger partial charge in [-0.1, -0.05) is 24.3 Å². The molecule has 21 heavy (non-hydrogen) atoms. The third-order valence-electron chi connectivity index (χ3n) is 3.64. The lowest BCUT2D eigenvalue weighted by Gasteiger charge is -2.12. The van der Waals surface area contributed by atoms with Gasteiger partial charge < -0.3 is 9.47 Å². The lowest BCUT2D eigenvalue weighted by molar-refractivity contribution is 0.0987. The van der Waals surface area contributed by atoms with Crippen LogP contribution in [0.15, 0.2) is 36.4 Å². The number of benzene rings is 2. The summed E-state index contributed by atoms with van der Waals surface area (Å²) in [5.41, 5.74) is 3.91. The van der Waals surface area contributed by atoms with E-state index < -0.39 is 0 Å². The van der Waals surface area contributed by atoms with Crippen LogP contribution in [0.4, 0.5) is 0 Å². The van der Waals surface area contributed by atoms with Gasteiger partial charge in [0.05, 0.1) is 14.2 Å². The number of carbonyl (C=O) groups excluding carboxylic acids is 1. The fraction of sp³-hybridized carbons (Fsp3) is 0.278. The van der Waals surface area contributed by atoms with E-state index in [2.05, 4.69) is 13.0 Å². The van der Waals surface area contributed by atoms with Crippen LogP contribution in [-0.4, -0.2) is 20.0 Å². The summed E-state index contributed by atoms with van der Waals surface area (Å²) < 4.78 is 10.6. The molecule has 0 saturated heterocycles. The molecule has 0 bridgehead atoms. The van der Waals surface area contributed by atoms with E-state index in [-0.39, 0.29) is 5.78 Å². The fourth-order valence-corrected chi connectivity index (χ4v) is 2.31. The van der Waals surface area contributed by atoms with Crippen molar-refractivity contribution in [3.8, 4) is 11.5 Å². The number of carbonyl (C=O) groups is 1. The number of ether oxygens (including phenoxy) is 2. The van der Waals surface area contributed by atoms with E-state index >= 15 is 0 Å². The Morgan fingerprint density at radius 3 is 2.10 bits per heavy atom. The van der Waals surface area contributed by atoms with E-state index in [0.717, 1.165) is 5.56 Å². The zero-order valence-electron chi connectivity index (χ0n) is 12.9. The van der Waals surface area contributed by atoms with Gasteiger partial charge in [-0.3, -0.25) is 4.79 Å². The second kappa shape index (κ2) is 6.44. The van der Waals surface area contributed by atoms with Gasteiger partial charge in [-0.15, -0.1) is 0 Å². The average Bonchev–Trinajstić information content (AvgIpc) is 2.49. The van der Waals surface area contributed by atoms with Crippen molar-refractivity contribution in [2.75, 3.05) is 14.2 Å². The first-order valence-electron chi connectivity index (χ1n) is 6.87. The van der Waals surface area contributed by atoms with Crippen LogP contribution in [0, 0.1) is 13.8 Å². The maximum absolute atomic E-state index is 12.6. The summed E-state index contributed by atoms with van der Waals surface area (Å²) in [6.45, 7) is 4.11. The first-order chi connectivity index (χ1) is 10.1. The van der Waals surface area contributed by atoms with Crippen LogP contribution in [0.2, 0.25) is 0 Å². The number of Topliss-reactive ketones (excluding diaryl/α,β-unsaturated/α-hetero) is 1. The molecule has 0 heterocycles. The van der Waals surface area contributed by atoms with Crippen molar-refractivity contribution >= 4 is 5.78 Å². The predicted molar refractivity (Wildman–Crippen MR) is 83.5 cm³/mol. The van der Waals surface area contributed by atoms with Gasteiger partial charge in [0, 0.05) is 6.42 Å². The highest BCUT2D eigenvalue weighted by Crippen LogP contribution is 2.29. The largest absolute Gasteiger partial charge is 0.496 e. The van der Waals surface area contributed by atoms with Crippen molar-refractivity contribution in [1.29, 1.82) is 0 Å². The highest BCUT2D eigenvalue weighted by molar-refractivity contribution is 6.02. The topological polar surface area (TPSA) is 35.5 Å². The maximum Gasteiger partial charge on any atom is 0.174 e. The summed E-state index contributed by atoms with van der Waals surface area (Å²) in [5.74, 6) is 1.08. The highest BCUT2D eigenvalue weighted by Gasteiger charge is 2.18. The summed E-state index contributed by atoms with van der Waals surface area (Å²) in [6.07, 6.45) is 0.331. The minimum atomic E-state index is -0.00690. The Balaban J connectivity index is 2.34. The molecule has 0 aliphatic rings. The van der Waals surface area contributed by atoms with Crippen molar-refractivity contribution in [2.45, 2.75) is 20.3 Å². The van der Waals surface area contributed by atoms with Crippen LogP contribution in [-0.2, 0) is 6.42 Å². The molecule has 2 aromatic rings. The molecule has 3 heteroatoms. The summed E-state index contributed by atoms with van der Waals surface area (Å²) in [6, 6.07) is 11.4. The molecule has 0 saturated carbocycles. The number of rotatable bonds is 5. The number of hydrogen-bond acceptors (Lipinski definition) is 3. The molecule has 2 aromatic carbocycles. The minimum Gasteiger partial charge on any atom is -0.496 e. The Morgan fingerprint density at radius 1 is 0.952 bits per heavy atom. The Morgan fingerprint density at radius 2 is 1.57 bits per heavy atom. The van der Waals surface area contributed by atoms with Gasteiger partial charge in [-0.2, -0.15) is 0 Å². The molecule has 3 nitrogen and oxygen atoms in total. The first-order valence-corrected chi connectivity index (χ1v) is 6.87. The summed E-state index contributed by atoms with van der Waals surface area (Å²) in [7, 11) is 3.11. The van der Waals surface area contributed by atoms with Crippen LogP contribution in [0.5, 0.6) is 11.5 Å². The molecule has 0 amide bonds. The molecule has 0 fully saturated rings. The van der Waals surface area contributed by atoms with Crippen molar-refractivity contribution in [3.05, 3.63) is 58.7 Å². The predicted octanol–water partition coefficient (Wildman–Crippen LogP) is 3.75. The Kier molecular flexibility index (Phi) is 4.63. The van der Waals surface area contributed by atoms with E-state index in [1.807, 2.05) is 25.1 Å². The molecule has 0 aromatic heterocycles.